The molecule has 1 aromatic heterocycles. The van der Waals surface area contributed by atoms with Crippen LogP contribution in [0.15, 0.2) is 42.5 Å². The fraction of sp³-hybridized carbons (Fsp3) is 0.235. The molecule has 8 nitrogen and oxygen atoms in total. The number of aromatic nitrogens is 1. The number of nitrogens with zero attached hydrogens (tertiary/aromatic N) is 3. The van der Waals surface area contributed by atoms with Crippen LogP contribution in [-0.2, 0) is 4.79 Å². The molecular weight excluding hydrogens is 356 g/mol. The summed E-state index contributed by atoms with van der Waals surface area (Å²) in [6, 6.07) is 11.7. The van der Waals surface area contributed by atoms with E-state index in [0.29, 0.717) is 11.3 Å². The fourth-order valence-electron chi connectivity index (χ4n) is 2.61. The van der Waals surface area contributed by atoms with Gasteiger partial charge in [-0.25, -0.2) is 0 Å². The number of nitrogens with two attached hydrogens (primary N) is 1. The number of carbonyl (C=O) groups excluding carboxylic acids is 1. The highest BCUT2D eigenvalue weighted by Gasteiger charge is 2.40. The number of thiocarbonyl (C=S) groups is 1. The maximum absolute atomic E-state index is 13.0. The van der Waals surface area contributed by atoms with Crippen molar-refractivity contribution in [3.63, 3.8) is 0 Å². The van der Waals surface area contributed by atoms with Crippen molar-refractivity contribution in [1.29, 1.82) is 0 Å². The predicted octanol–water partition coefficient (Wildman–Crippen LogP) is 2.38. The lowest BCUT2D eigenvalue weighted by molar-refractivity contribution is -0.389. The first-order valence-electron chi connectivity index (χ1n) is 7.86. The number of hydrogen-bond acceptors (Lipinski definition) is 6. The van der Waals surface area contributed by atoms with E-state index in [1.165, 1.54) is 17.0 Å². The quantitative estimate of drug-likeness (QED) is 0.487. The van der Waals surface area contributed by atoms with Gasteiger partial charge in [0.2, 0.25) is 6.10 Å². The zero-order valence-electron chi connectivity index (χ0n) is 13.9. The molecule has 3 rings (SSSR count). The number of nitro groups is 1. The number of ether oxygens (including phenoxy) is 1. The number of hydrogen-bond donors (Lipinski definition) is 1. The molecule has 1 aromatic carbocycles. The molecule has 0 radical (unpaired) electrons. The maximum Gasteiger partial charge on any atom is 0.366 e. The van der Waals surface area contributed by atoms with Gasteiger partial charge in [0.1, 0.15) is 0 Å². The van der Waals surface area contributed by atoms with E-state index >= 15 is 0 Å². The van der Waals surface area contributed by atoms with Gasteiger partial charge in [-0.3, -0.25) is 9.69 Å². The topological polar surface area (TPSA) is 112 Å². The van der Waals surface area contributed by atoms with Crippen LogP contribution in [0.3, 0.4) is 0 Å². The first-order valence-corrected chi connectivity index (χ1v) is 8.27. The molecule has 1 aliphatic heterocycles. The number of rotatable bonds is 5. The second-order valence-corrected chi connectivity index (χ2v) is 6.38. The zero-order chi connectivity index (χ0) is 18.8. The third-order valence-electron chi connectivity index (χ3n) is 4.05. The van der Waals surface area contributed by atoms with E-state index in [0.717, 1.165) is 0 Å². The molecule has 1 aliphatic rings. The lowest BCUT2D eigenvalue weighted by Crippen LogP contribution is -2.45. The van der Waals surface area contributed by atoms with Crippen LogP contribution in [0.1, 0.15) is 18.6 Å². The second kappa shape index (κ2) is 7.04. The minimum Gasteiger partial charge on any atom is -0.469 e. The first kappa shape index (κ1) is 17.7. The molecule has 2 heterocycles. The first-order chi connectivity index (χ1) is 12.4. The number of pyridine rings is 1. The molecule has 0 fully saturated rings. The standard InChI is InChI=1S/C17H16N4O4S/c1-10(15(18)26)9-20-16-12(7-8-13(19-16)21(23)24)25-14(17(20)22)11-5-3-2-4-6-11/h2-8,10,14H,9H2,1H3,(H2,18,26). The molecule has 26 heavy (non-hydrogen) atoms. The Bertz CT molecular complexity index is 874. The highest BCUT2D eigenvalue weighted by molar-refractivity contribution is 7.80. The van der Waals surface area contributed by atoms with E-state index in [-0.39, 0.29) is 35.0 Å². The van der Waals surface area contributed by atoms with Gasteiger partial charge >= 0.3 is 5.82 Å². The molecule has 0 spiro atoms. The Morgan fingerprint density at radius 3 is 2.69 bits per heavy atom. The van der Waals surface area contributed by atoms with E-state index in [4.69, 9.17) is 22.7 Å². The van der Waals surface area contributed by atoms with Crippen LogP contribution in [-0.4, -0.2) is 27.3 Å². The number of anilines is 1. The van der Waals surface area contributed by atoms with E-state index in [1.807, 2.05) is 6.07 Å². The Morgan fingerprint density at radius 1 is 1.38 bits per heavy atom. The van der Waals surface area contributed by atoms with Crippen molar-refractivity contribution in [2.24, 2.45) is 11.7 Å². The van der Waals surface area contributed by atoms with Crippen LogP contribution >= 0.6 is 12.2 Å². The van der Waals surface area contributed by atoms with E-state index < -0.39 is 11.0 Å². The van der Waals surface area contributed by atoms with Gasteiger partial charge < -0.3 is 20.6 Å². The molecule has 0 aliphatic carbocycles. The van der Waals surface area contributed by atoms with Gasteiger partial charge in [-0.1, -0.05) is 49.5 Å². The third-order valence-corrected chi connectivity index (χ3v) is 4.45. The van der Waals surface area contributed by atoms with Crippen molar-refractivity contribution in [1.82, 2.24) is 4.98 Å². The van der Waals surface area contributed by atoms with Gasteiger partial charge in [0, 0.05) is 24.1 Å². The number of carbonyl (C=O) groups is 1. The van der Waals surface area contributed by atoms with Crippen LogP contribution < -0.4 is 15.4 Å². The van der Waals surface area contributed by atoms with Crippen LogP contribution in [0.25, 0.3) is 0 Å². The van der Waals surface area contributed by atoms with E-state index in [9.17, 15) is 14.9 Å². The minimum atomic E-state index is -0.870. The summed E-state index contributed by atoms with van der Waals surface area (Å²) in [4.78, 5) is 29.0. The number of fused-ring (bicyclic) bond motifs is 1. The summed E-state index contributed by atoms with van der Waals surface area (Å²) in [5, 5.41) is 11.0. The molecule has 0 bridgehead atoms. The summed E-state index contributed by atoms with van der Waals surface area (Å²) in [5.74, 6) is -0.651. The maximum atomic E-state index is 13.0. The molecular formula is C17H16N4O4S. The van der Waals surface area contributed by atoms with Gasteiger partial charge in [-0.05, 0) is 16.0 Å². The van der Waals surface area contributed by atoms with Gasteiger partial charge in [0.25, 0.3) is 11.7 Å². The summed E-state index contributed by atoms with van der Waals surface area (Å²) in [5.41, 5.74) is 6.35. The molecule has 2 aromatic rings. The van der Waals surface area contributed by atoms with Gasteiger partial charge in [0.15, 0.2) is 5.75 Å². The van der Waals surface area contributed by atoms with Gasteiger partial charge in [-0.15, -0.1) is 0 Å². The summed E-state index contributed by atoms with van der Waals surface area (Å²) in [6.45, 7) is 1.93. The largest absolute Gasteiger partial charge is 0.469 e. The normalized spacial score (nSPS) is 17.2. The lowest BCUT2D eigenvalue weighted by Gasteiger charge is -2.32. The summed E-state index contributed by atoms with van der Waals surface area (Å²) < 4.78 is 5.80. The molecule has 134 valence electrons. The van der Waals surface area contributed by atoms with Crippen LogP contribution in [0.5, 0.6) is 5.75 Å². The Morgan fingerprint density at radius 2 is 2.08 bits per heavy atom. The fourth-order valence-corrected chi connectivity index (χ4v) is 2.69. The summed E-state index contributed by atoms with van der Waals surface area (Å²) in [6.07, 6.45) is -0.870. The smallest absolute Gasteiger partial charge is 0.366 e. The van der Waals surface area contributed by atoms with Crippen molar-refractivity contribution in [2.75, 3.05) is 11.4 Å². The average molecular weight is 372 g/mol. The molecule has 2 N–H and O–H groups in total. The van der Waals surface area contributed by atoms with Gasteiger partial charge in [-0.2, -0.15) is 0 Å². The molecule has 2 unspecified atom stereocenters. The number of benzene rings is 1. The molecule has 0 saturated carbocycles. The van der Waals surface area contributed by atoms with Crippen molar-refractivity contribution in [3.8, 4) is 5.75 Å². The number of amides is 1. The van der Waals surface area contributed by atoms with E-state index in [2.05, 4.69) is 4.98 Å². The Kier molecular flexibility index (Phi) is 4.81. The average Bonchev–Trinajstić information content (AvgIpc) is 2.63. The van der Waals surface area contributed by atoms with Crippen LogP contribution in [0, 0.1) is 16.0 Å². The van der Waals surface area contributed by atoms with Crippen molar-refractivity contribution in [3.05, 3.63) is 58.1 Å². The van der Waals surface area contributed by atoms with E-state index in [1.54, 1.807) is 31.2 Å². The Labute approximate surface area is 154 Å². The van der Waals surface area contributed by atoms with Crippen molar-refractivity contribution in [2.45, 2.75) is 13.0 Å². The highest BCUT2D eigenvalue weighted by atomic mass is 32.1. The second-order valence-electron chi connectivity index (χ2n) is 5.91. The summed E-state index contributed by atoms with van der Waals surface area (Å²) >= 11 is 4.99. The molecule has 9 heteroatoms. The molecule has 1 amide bonds. The van der Waals surface area contributed by atoms with Gasteiger partial charge in [0.05, 0.1) is 4.99 Å². The van der Waals surface area contributed by atoms with Crippen molar-refractivity contribution >= 4 is 34.7 Å². The lowest BCUT2D eigenvalue weighted by atomic mass is 10.0. The van der Waals surface area contributed by atoms with Crippen LogP contribution in [0.4, 0.5) is 11.6 Å². The third kappa shape index (κ3) is 3.33. The van der Waals surface area contributed by atoms with Crippen molar-refractivity contribution < 1.29 is 14.5 Å². The molecule has 2 atom stereocenters. The highest BCUT2D eigenvalue weighted by Crippen LogP contribution is 2.39. The van der Waals surface area contributed by atoms with Crippen LogP contribution in [0.2, 0.25) is 0 Å². The monoisotopic (exact) mass is 372 g/mol. The Hall–Kier alpha value is -3.07. The zero-order valence-corrected chi connectivity index (χ0v) is 14.7. The molecule has 0 saturated heterocycles. The summed E-state index contributed by atoms with van der Waals surface area (Å²) in [7, 11) is 0. The SMILES string of the molecule is CC(CN1C(=O)C(c2ccccc2)Oc2ccc([N+](=O)[O-])nc21)C(N)=S. The predicted molar refractivity (Wildman–Crippen MR) is 99.0 cm³/mol. The minimum absolute atomic E-state index is 0.0967. The Balaban J connectivity index is 2.06.